The number of carbonyl (C=O) groups is 3. The number of aliphatic hydroxyl groups is 1. The maximum atomic E-state index is 13.0. The summed E-state index contributed by atoms with van der Waals surface area (Å²) in [7, 11) is 0. The van der Waals surface area contributed by atoms with Crippen molar-refractivity contribution in [3.05, 3.63) is 100 Å². The molecule has 0 saturated carbocycles. The van der Waals surface area contributed by atoms with E-state index in [4.69, 9.17) is 9.52 Å². The molecule has 7 nitrogen and oxygen atoms in total. The van der Waals surface area contributed by atoms with Gasteiger partial charge in [-0.25, -0.2) is 4.79 Å². The minimum Gasteiger partial charge on any atom is -0.507 e. The minimum atomic E-state index is -1.05. The molecule has 3 aromatic rings. The lowest BCUT2D eigenvalue weighted by Crippen LogP contribution is -2.29. The van der Waals surface area contributed by atoms with Gasteiger partial charge in [-0.15, -0.1) is 0 Å². The maximum absolute atomic E-state index is 13.0. The van der Waals surface area contributed by atoms with Crippen molar-refractivity contribution in [2.24, 2.45) is 0 Å². The van der Waals surface area contributed by atoms with Crippen molar-refractivity contribution in [3.8, 4) is 0 Å². The highest BCUT2D eigenvalue weighted by Gasteiger charge is 2.47. The van der Waals surface area contributed by atoms with Gasteiger partial charge in [0.25, 0.3) is 11.7 Å². The van der Waals surface area contributed by atoms with Crippen LogP contribution in [0.15, 0.2) is 70.9 Å². The fraction of sp³-hybridized carbons (Fsp3) is 0.160. The Kier molecular flexibility index (Phi) is 5.40. The van der Waals surface area contributed by atoms with E-state index in [1.807, 2.05) is 26.0 Å². The van der Waals surface area contributed by atoms with Crippen LogP contribution in [0.1, 0.15) is 44.4 Å². The molecule has 2 aromatic carbocycles. The van der Waals surface area contributed by atoms with Crippen LogP contribution in [0.4, 0.5) is 0 Å². The number of carboxylic acid groups (broad SMARTS) is 1. The van der Waals surface area contributed by atoms with Crippen molar-refractivity contribution in [1.82, 2.24) is 4.90 Å². The van der Waals surface area contributed by atoms with Crippen molar-refractivity contribution in [1.29, 1.82) is 0 Å². The molecule has 0 spiro atoms. The van der Waals surface area contributed by atoms with Crippen LogP contribution in [-0.2, 0) is 16.1 Å². The first-order valence-corrected chi connectivity index (χ1v) is 9.99. The van der Waals surface area contributed by atoms with Gasteiger partial charge in [0.2, 0.25) is 0 Å². The first-order valence-electron chi connectivity index (χ1n) is 9.99. The number of Topliss-reactive ketones (excluding diaryl/α,β-unsaturated/α-hetero) is 1. The zero-order chi connectivity index (χ0) is 23.0. The summed E-state index contributed by atoms with van der Waals surface area (Å²) in [4.78, 5) is 38.5. The molecule has 0 bridgehead atoms. The molecule has 1 unspecified atom stereocenters. The number of hydrogen-bond donors (Lipinski definition) is 2. The third kappa shape index (κ3) is 3.69. The van der Waals surface area contributed by atoms with Crippen LogP contribution < -0.4 is 0 Å². The number of hydrogen-bond acceptors (Lipinski definition) is 5. The Morgan fingerprint density at radius 2 is 1.75 bits per heavy atom. The van der Waals surface area contributed by atoms with Crippen molar-refractivity contribution in [2.75, 3.05) is 0 Å². The monoisotopic (exact) mass is 431 g/mol. The van der Waals surface area contributed by atoms with E-state index in [-0.39, 0.29) is 23.4 Å². The van der Waals surface area contributed by atoms with E-state index < -0.39 is 23.7 Å². The van der Waals surface area contributed by atoms with Crippen molar-refractivity contribution < 1.29 is 29.0 Å². The first kappa shape index (κ1) is 21.1. The molecular formula is C25H21NO6. The molecule has 0 radical (unpaired) electrons. The van der Waals surface area contributed by atoms with Crippen LogP contribution in [0.2, 0.25) is 0 Å². The van der Waals surface area contributed by atoms with Crippen LogP contribution >= 0.6 is 0 Å². The smallest absolute Gasteiger partial charge is 0.335 e. The van der Waals surface area contributed by atoms with E-state index >= 15 is 0 Å². The van der Waals surface area contributed by atoms with E-state index in [1.54, 1.807) is 30.3 Å². The number of aryl methyl sites for hydroxylation is 2. The zero-order valence-corrected chi connectivity index (χ0v) is 17.5. The molecule has 32 heavy (non-hydrogen) atoms. The number of likely N-dealkylation sites (tertiary alicyclic amines) is 1. The Morgan fingerprint density at radius 3 is 2.38 bits per heavy atom. The summed E-state index contributed by atoms with van der Waals surface area (Å²) in [5.74, 6) is -2.53. The molecule has 4 rings (SSSR count). The molecule has 2 heterocycles. The molecule has 7 heteroatoms. The van der Waals surface area contributed by atoms with E-state index in [0.29, 0.717) is 16.9 Å². The number of aromatic carboxylic acids is 1. The second-order valence-electron chi connectivity index (χ2n) is 7.76. The van der Waals surface area contributed by atoms with Crippen LogP contribution in [0.25, 0.3) is 5.76 Å². The highest BCUT2D eigenvalue weighted by atomic mass is 16.4. The Hall–Kier alpha value is -4.13. The van der Waals surface area contributed by atoms with Gasteiger partial charge < -0.3 is 19.5 Å². The fourth-order valence-corrected chi connectivity index (χ4v) is 3.87. The van der Waals surface area contributed by atoms with Gasteiger partial charge in [0.05, 0.1) is 17.4 Å². The molecule has 1 aromatic heterocycles. The van der Waals surface area contributed by atoms with Gasteiger partial charge in [0.15, 0.2) is 0 Å². The lowest BCUT2D eigenvalue weighted by Gasteiger charge is -2.23. The SMILES string of the molecule is Cc1ccc(C)c(/C(O)=C2/C(=O)C(=O)N(Cc3ccc(C(=O)O)cc3)C2c2ccco2)c1. The van der Waals surface area contributed by atoms with Gasteiger partial charge in [-0.1, -0.05) is 29.8 Å². The van der Waals surface area contributed by atoms with Gasteiger partial charge >= 0.3 is 5.97 Å². The number of amides is 1. The number of carboxylic acids is 1. The molecule has 1 fully saturated rings. The van der Waals surface area contributed by atoms with Crippen LogP contribution in [0, 0.1) is 13.8 Å². The normalized spacial score (nSPS) is 17.7. The number of nitrogens with zero attached hydrogens (tertiary/aromatic N) is 1. The predicted octanol–water partition coefficient (Wildman–Crippen LogP) is 4.22. The summed E-state index contributed by atoms with van der Waals surface area (Å²) in [5.41, 5.74) is 2.86. The number of benzene rings is 2. The van der Waals surface area contributed by atoms with Crippen molar-refractivity contribution in [2.45, 2.75) is 26.4 Å². The Balaban J connectivity index is 1.81. The Bertz CT molecular complexity index is 1240. The lowest BCUT2D eigenvalue weighted by molar-refractivity contribution is -0.140. The third-order valence-corrected chi connectivity index (χ3v) is 5.55. The third-order valence-electron chi connectivity index (χ3n) is 5.55. The molecule has 1 atom stereocenters. The summed E-state index contributed by atoms with van der Waals surface area (Å²) in [5, 5.41) is 20.2. The van der Waals surface area contributed by atoms with Gasteiger partial charge in [-0.2, -0.15) is 0 Å². The average molecular weight is 431 g/mol. The summed E-state index contributed by atoms with van der Waals surface area (Å²) >= 11 is 0. The number of rotatable bonds is 5. The second-order valence-corrected chi connectivity index (χ2v) is 7.76. The highest BCUT2D eigenvalue weighted by Crippen LogP contribution is 2.41. The largest absolute Gasteiger partial charge is 0.507 e. The molecule has 1 saturated heterocycles. The number of ketones is 1. The maximum Gasteiger partial charge on any atom is 0.335 e. The number of furan rings is 1. The van der Waals surface area contributed by atoms with E-state index in [9.17, 15) is 19.5 Å². The summed E-state index contributed by atoms with van der Waals surface area (Å²) in [6.45, 7) is 3.73. The second kappa shape index (κ2) is 8.19. The molecule has 2 N–H and O–H groups in total. The van der Waals surface area contributed by atoms with Crippen molar-refractivity contribution in [3.63, 3.8) is 0 Å². The summed E-state index contributed by atoms with van der Waals surface area (Å²) in [6.07, 6.45) is 1.44. The Morgan fingerprint density at radius 1 is 1.03 bits per heavy atom. The van der Waals surface area contributed by atoms with Crippen molar-refractivity contribution >= 4 is 23.4 Å². The number of aliphatic hydroxyl groups excluding tert-OH is 1. The van der Waals surface area contributed by atoms with Crippen LogP contribution in [0.5, 0.6) is 0 Å². The van der Waals surface area contributed by atoms with Gasteiger partial charge in [0, 0.05) is 12.1 Å². The molecule has 1 aliphatic heterocycles. The average Bonchev–Trinajstić information content (AvgIpc) is 3.38. The fourth-order valence-electron chi connectivity index (χ4n) is 3.87. The number of carbonyl (C=O) groups excluding carboxylic acids is 2. The van der Waals surface area contributed by atoms with E-state index in [2.05, 4.69) is 0 Å². The summed E-state index contributed by atoms with van der Waals surface area (Å²) in [6, 6.07) is 13.9. The summed E-state index contributed by atoms with van der Waals surface area (Å²) < 4.78 is 5.53. The predicted molar refractivity (Wildman–Crippen MR) is 116 cm³/mol. The van der Waals surface area contributed by atoms with Crippen LogP contribution in [-0.4, -0.2) is 32.8 Å². The van der Waals surface area contributed by atoms with Gasteiger partial charge in [-0.3, -0.25) is 9.59 Å². The quantitative estimate of drug-likeness (QED) is 0.356. The molecule has 162 valence electrons. The molecule has 0 aliphatic carbocycles. The van der Waals surface area contributed by atoms with Gasteiger partial charge in [-0.05, 0) is 55.3 Å². The first-order chi connectivity index (χ1) is 15.3. The zero-order valence-electron chi connectivity index (χ0n) is 17.5. The minimum absolute atomic E-state index is 0.0409. The Labute approximate surface area is 184 Å². The molecule has 1 aliphatic rings. The standard InChI is InChI=1S/C25H21NO6/c1-14-5-6-15(2)18(12-14)22(27)20-21(19-4-3-11-32-19)26(24(29)23(20)28)13-16-7-9-17(10-8-16)25(30)31/h3-12,21,27H,13H2,1-2H3,(H,30,31)/b22-20-. The molecule has 1 amide bonds. The van der Waals surface area contributed by atoms with Gasteiger partial charge in [0.1, 0.15) is 17.6 Å². The molecular weight excluding hydrogens is 410 g/mol. The van der Waals surface area contributed by atoms with Crippen LogP contribution in [0.3, 0.4) is 0 Å². The van der Waals surface area contributed by atoms with E-state index in [0.717, 1.165) is 11.1 Å². The lowest BCUT2D eigenvalue weighted by atomic mass is 9.96. The topological polar surface area (TPSA) is 108 Å². The van der Waals surface area contributed by atoms with E-state index in [1.165, 1.54) is 23.3 Å². The highest BCUT2D eigenvalue weighted by molar-refractivity contribution is 6.46.